The van der Waals surface area contributed by atoms with Gasteiger partial charge in [0.15, 0.2) is 0 Å². The van der Waals surface area contributed by atoms with Gasteiger partial charge >= 0.3 is 0 Å². The Morgan fingerprint density at radius 1 is 1.10 bits per heavy atom. The molecule has 0 fully saturated rings. The van der Waals surface area contributed by atoms with Gasteiger partial charge in [0.2, 0.25) is 0 Å². The quantitative estimate of drug-likeness (QED) is 0.598. The molecule has 0 bridgehead atoms. The molecular weight excluding hydrogens is 380 g/mol. The Labute approximate surface area is 176 Å². The molecule has 0 aliphatic carbocycles. The van der Waals surface area contributed by atoms with Crippen molar-refractivity contribution < 1.29 is 9.90 Å². The third-order valence-electron chi connectivity index (χ3n) is 5.71. The summed E-state index contributed by atoms with van der Waals surface area (Å²) in [6.45, 7) is 6.42. The molecule has 0 aliphatic rings. The number of nitrogens with zero attached hydrogens (tertiary/aromatic N) is 3. The molecule has 0 aliphatic heterocycles. The number of aromatic nitrogens is 3. The topological polar surface area (TPSA) is 95.2 Å². The number of hydrogen-bond acceptors (Lipinski definition) is 3. The van der Waals surface area contributed by atoms with Crippen molar-refractivity contribution in [3.8, 4) is 16.8 Å². The first-order valence-electron chi connectivity index (χ1n) is 10.3. The molecule has 160 valence electrons. The van der Waals surface area contributed by atoms with E-state index in [0.717, 1.165) is 29.2 Å². The zero-order valence-corrected chi connectivity index (χ0v) is 18.1. The second-order valence-electron chi connectivity index (χ2n) is 7.56. The Hall–Kier alpha value is -3.06. The summed E-state index contributed by atoms with van der Waals surface area (Å²) < 4.78 is 5.47. The Morgan fingerprint density at radius 2 is 1.77 bits per heavy atom. The van der Waals surface area contributed by atoms with Gasteiger partial charge in [0.05, 0.1) is 16.8 Å². The van der Waals surface area contributed by atoms with Crippen molar-refractivity contribution in [2.75, 3.05) is 6.61 Å². The minimum absolute atomic E-state index is 0.0512. The smallest absolute Gasteiger partial charge is 0.279 e. The lowest BCUT2D eigenvalue weighted by Gasteiger charge is -2.11. The minimum atomic E-state index is -0.545. The van der Waals surface area contributed by atoms with E-state index in [0.29, 0.717) is 36.1 Å². The highest BCUT2D eigenvalue weighted by molar-refractivity contribution is 6.02. The summed E-state index contributed by atoms with van der Waals surface area (Å²) in [5.74, 6) is -0.545. The Bertz CT molecular complexity index is 1120. The van der Waals surface area contributed by atoms with Crippen LogP contribution < -0.4 is 11.3 Å². The summed E-state index contributed by atoms with van der Waals surface area (Å²) in [6.07, 6.45) is 2.12. The molecule has 0 saturated carbocycles. The maximum Gasteiger partial charge on any atom is 0.279 e. The van der Waals surface area contributed by atoms with Crippen LogP contribution in [0.1, 0.15) is 47.2 Å². The number of aliphatic hydroxyl groups is 1. The van der Waals surface area contributed by atoms with Crippen LogP contribution in [0.2, 0.25) is 0 Å². The number of para-hydroxylation sites is 1. The molecule has 7 heteroatoms. The Balaban J connectivity index is 2.38. The molecule has 30 heavy (non-hydrogen) atoms. The average molecular weight is 411 g/mol. The number of rotatable bonds is 8. The maximum absolute atomic E-state index is 13.6. The highest BCUT2D eigenvalue weighted by Gasteiger charge is 2.29. The average Bonchev–Trinajstić information content (AvgIpc) is 3.11. The SMILES string of the molecule is CCCc1c(-c2c(C)n(C)n(-c3ccccc3)c2=O)c(C(N)=O)c(C)n1CCCO. The van der Waals surface area contributed by atoms with E-state index < -0.39 is 5.91 Å². The molecule has 0 atom stereocenters. The Morgan fingerprint density at radius 3 is 2.33 bits per heavy atom. The second kappa shape index (κ2) is 8.75. The van der Waals surface area contributed by atoms with Gasteiger partial charge in [0.25, 0.3) is 11.5 Å². The predicted octanol–water partition coefficient (Wildman–Crippen LogP) is 2.70. The number of amides is 1. The van der Waals surface area contributed by atoms with E-state index in [1.54, 1.807) is 4.68 Å². The van der Waals surface area contributed by atoms with Crippen LogP contribution in [0.15, 0.2) is 35.1 Å². The molecule has 0 radical (unpaired) electrons. The number of hydrogen-bond donors (Lipinski definition) is 2. The first-order valence-corrected chi connectivity index (χ1v) is 10.3. The van der Waals surface area contributed by atoms with E-state index in [1.807, 2.05) is 60.5 Å². The Kier molecular flexibility index (Phi) is 6.31. The fourth-order valence-electron chi connectivity index (χ4n) is 4.25. The van der Waals surface area contributed by atoms with Gasteiger partial charge in [-0.1, -0.05) is 31.5 Å². The molecule has 1 amide bonds. The lowest BCUT2D eigenvalue weighted by atomic mass is 9.98. The lowest BCUT2D eigenvalue weighted by Crippen LogP contribution is -2.21. The van der Waals surface area contributed by atoms with E-state index in [4.69, 9.17) is 5.73 Å². The number of carbonyl (C=O) groups excluding carboxylic acids is 1. The highest BCUT2D eigenvalue weighted by atomic mass is 16.3. The highest BCUT2D eigenvalue weighted by Crippen LogP contribution is 2.34. The largest absolute Gasteiger partial charge is 0.396 e. The van der Waals surface area contributed by atoms with Crippen molar-refractivity contribution in [1.29, 1.82) is 0 Å². The van der Waals surface area contributed by atoms with Gasteiger partial charge in [0, 0.05) is 42.8 Å². The van der Waals surface area contributed by atoms with Crippen LogP contribution in [0.3, 0.4) is 0 Å². The summed E-state index contributed by atoms with van der Waals surface area (Å²) in [7, 11) is 1.84. The third-order valence-corrected chi connectivity index (χ3v) is 5.71. The summed E-state index contributed by atoms with van der Waals surface area (Å²) in [6, 6.07) is 9.43. The van der Waals surface area contributed by atoms with Crippen LogP contribution in [0.4, 0.5) is 0 Å². The van der Waals surface area contributed by atoms with Crippen molar-refractivity contribution in [3.63, 3.8) is 0 Å². The molecule has 2 aromatic heterocycles. The molecule has 3 aromatic rings. The van der Waals surface area contributed by atoms with Crippen molar-refractivity contribution >= 4 is 5.91 Å². The van der Waals surface area contributed by atoms with Gasteiger partial charge < -0.3 is 15.4 Å². The summed E-state index contributed by atoms with van der Waals surface area (Å²) >= 11 is 0. The van der Waals surface area contributed by atoms with Crippen molar-refractivity contribution in [2.24, 2.45) is 12.8 Å². The van der Waals surface area contributed by atoms with Crippen LogP contribution >= 0.6 is 0 Å². The molecule has 0 unspecified atom stereocenters. The van der Waals surface area contributed by atoms with Crippen molar-refractivity contribution in [2.45, 2.75) is 46.6 Å². The van der Waals surface area contributed by atoms with E-state index in [1.165, 1.54) is 0 Å². The van der Waals surface area contributed by atoms with E-state index >= 15 is 0 Å². The van der Waals surface area contributed by atoms with Gasteiger partial charge in [-0.05, 0) is 38.8 Å². The van der Waals surface area contributed by atoms with Gasteiger partial charge in [-0.2, -0.15) is 0 Å². The van der Waals surface area contributed by atoms with E-state index in [-0.39, 0.29) is 12.2 Å². The second-order valence-corrected chi connectivity index (χ2v) is 7.56. The van der Waals surface area contributed by atoms with Crippen LogP contribution in [0.5, 0.6) is 0 Å². The molecule has 3 N–H and O–H groups in total. The summed E-state index contributed by atoms with van der Waals surface area (Å²) in [5, 5.41) is 9.33. The number of aliphatic hydroxyl groups excluding tert-OH is 1. The number of benzene rings is 1. The van der Waals surface area contributed by atoms with E-state index in [2.05, 4.69) is 6.92 Å². The predicted molar refractivity (Wildman–Crippen MR) is 118 cm³/mol. The normalized spacial score (nSPS) is 11.2. The van der Waals surface area contributed by atoms with Crippen molar-refractivity contribution in [1.82, 2.24) is 13.9 Å². The fraction of sp³-hybridized carbons (Fsp3) is 0.391. The fourth-order valence-corrected chi connectivity index (χ4v) is 4.25. The number of nitrogens with two attached hydrogens (primary N) is 1. The van der Waals surface area contributed by atoms with Gasteiger partial charge in [-0.25, -0.2) is 4.68 Å². The molecule has 0 spiro atoms. The van der Waals surface area contributed by atoms with Crippen molar-refractivity contribution in [3.05, 3.63) is 63.3 Å². The molecule has 7 nitrogen and oxygen atoms in total. The standard InChI is InChI=1S/C23H30N4O3/c1-5-10-18-21(19(22(24)29)16(3)26(18)13-9-14-28)20-15(2)25(4)27(23(20)30)17-11-7-6-8-12-17/h6-8,11-12,28H,5,9-10,13-14H2,1-4H3,(H2,24,29). The van der Waals surface area contributed by atoms with Gasteiger partial charge in [-0.15, -0.1) is 0 Å². The third kappa shape index (κ3) is 3.50. The molecular formula is C23H30N4O3. The van der Waals surface area contributed by atoms with Crippen LogP contribution in [0.25, 0.3) is 16.8 Å². The first kappa shape index (κ1) is 21.6. The first-order chi connectivity index (χ1) is 14.3. The van der Waals surface area contributed by atoms with Gasteiger partial charge in [-0.3, -0.25) is 14.3 Å². The minimum Gasteiger partial charge on any atom is -0.396 e. The monoisotopic (exact) mass is 410 g/mol. The number of primary amides is 1. The summed E-state index contributed by atoms with van der Waals surface area (Å²) in [5.41, 5.74) is 10.3. The zero-order valence-electron chi connectivity index (χ0n) is 18.1. The van der Waals surface area contributed by atoms with Crippen LogP contribution in [-0.4, -0.2) is 31.6 Å². The lowest BCUT2D eigenvalue weighted by molar-refractivity contribution is 0.1000. The van der Waals surface area contributed by atoms with Gasteiger partial charge in [0.1, 0.15) is 0 Å². The maximum atomic E-state index is 13.6. The molecule has 3 rings (SSSR count). The molecule has 1 aromatic carbocycles. The summed E-state index contributed by atoms with van der Waals surface area (Å²) in [4.78, 5) is 26.1. The van der Waals surface area contributed by atoms with Crippen LogP contribution in [-0.2, 0) is 20.0 Å². The van der Waals surface area contributed by atoms with Crippen LogP contribution in [0, 0.1) is 13.8 Å². The number of carbonyl (C=O) groups is 1. The van der Waals surface area contributed by atoms with E-state index in [9.17, 15) is 14.7 Å². The molecule has 0 saturated heterocycles. The zero-order chi connectivity index (χ0) is 22.0. The molecule has 2 heterocycles.